The fraction of sp³-hybridized carbons (Fsp3) is 0.615. The molecule has 0 aliphatic carbocycles. The Hall–Kier alpha value is -1.85. The number of amides is 2. The highest BCUT2D eigenvalue weighted by molar-refractivity contribution is 5.90. The van der Waals surface area contributed by atoms with Crippen molar-refractivity contribution in [2.75, 3.05) is 18.0 Å². The zero-order chi connectivity index (χ0) is 14.6. The van der Waals surface area contributed by atoms with Crippen LogP contribution in [0.3, 0.4) is 0 Å². The van der Waals surface area contributed by atoms with E-state index in [4.69, 9.17) is 4.52 Å². The van der Waals surface area contributed by atoms with Gasteiger partial charge in [0.25, 0.3) is 0 Å². The van der Waals surface area contributed by atoms with Crippen molar-refractivity contribution in [1.29, 1.82) is 0 Å². The molecule has 0 spiro atoms. The van der Waals surface area contributed by atoms with E-state index < -0.39 is 5.41 Å². The molecule has 0 saturated carbocycles. The highest BCUT2D eigenvalue weighted by Gasteiger charge is 2.21. The van der Waals surface area contributed by atoms with Crippen LogP contribution in [0.25, 0.3) is 0 Å². The summed E-state index contributed by atoms with van der Waals surface area (Å²) in [6, 6.07) is 1.69. The Balaban J connectivity index is 2.57. The van der Waals surface area contributed by atoms with E-state index in [2.05, 4.69) is 10.5 Å². The smallest absolute Gasteiger partial charge is 0.225 e. The molecule has 1 aromatic heterocycles. The maximum Gasteiger partial charge on any atom is 0.225 e. The average Bonchev–Trinajstić information content (AvgIpc) is 2.68. The van der Waals surface area contributed by atoms with Crippen molar-refractivity contribution >= 4 is 17.6 Å². The van der Waals surface area contributed by atoms with E-state index in [0.29, 0.717) is 24.7 Å². The van der Waals surface area contributed by atoms with Gasteiger partial charge < -0.3 is 9.84 Å². The largest absolute Gasteiger partial charge is 0.360 e. The first-order valence-corrected chi connectivity index (χ1v) is 6.21. The molecule has 2 amide bonds. The van der Waals surface area contributed by atoms with Gasteiger partial charge in [-0.25, -0.2) is 0 Å². The number of carbonyl (C=O) groups excluding carboxylic acids is 2. The summed E-state index contributed by atoms with van der Waals surface area (Å²) in [5, 5.41) is 6.59. The Bertz CT molecular complexity index is 460. The molecule has 0 atom stereocenters. The molecule has 0 aromatic carbocycles. The number of aromatic nitrogens is 1. The third-order valence-electron chi connectivity index (χ3n) is 2.57. The number of anilines is 1. The highest BCUT2D eigenvalue weighted by Crippen LogP contribution is 2.14. The minimum atomic E-state index is -0.439. The summed E-state index contributed by atoms with van der Waals surface area (Å²) >= 11 is 0. The van der Waals surface area contributed by atoms with E-state index in [1.54, 1.807) is 13.0 Å². The van der Waals surface area contributed by atoms with Crippen molar-refractivity contribution in [3.63, 3.8) is 0 Å². The predicted octanol–water partition coefficient (Wildman–Crippen LogP) is 1.50. The second-order valence-corrected chi connectivity index (χ2v) is 5.47. The van der Waals surface area contributed by atoms with Gasteiger partial charge in [-0.15, -0.1) is 0 Å². The summed E-state index contributed by atoms with van der Waals surface area (Å²) in [6.07, 6.45) is 0. The van der Waals surface area contributed by atoms with Crippen LogP contribution in [0.5, 0.6) is 0 Å². The number of rotatable bonds is 4. The number of carbonyl (C=O) groups is 2. The van der Waals surface area contributed by atoms with Gasteiger partial charge in [0.2, 0.25) is 11.8 Å². The summed E-state index contributed by atoms with van der Waals surface area (Å²) in [5.41, 5.74) is -0.439. The summed E-state index contributed by atoms with van der Waals surface area (Å²) in [7, 11) is 0. The average molecular weight is 267 g/mol. The predicted molar refractivity (Wildman–Crippen MR) is 71.7 cm³/mol. The van der Waals surface area contributed by atoms with E-state index in [0.717, 1.165) is 0 Å². The lowest BCUT2D eigenvalue weighted by Gasteiger charge is -2.21. The molecule has 1 rings (SSSR count). The number of nitrogens with one attached hydrogen (secondary N) is 1. The van der Waals surface area contributed by atoms with Gasteiger partial charge >= 0.3 is 0 Å². The first-order valence-electron chi connectivity index (χ1n) is 6.21. The highest BCUT2D eigenvalue weighted by atomic mass is 16.5. The Morgan fingerprint density at radius 3 is 2.47 bits per heavy atom. The monoisotopic (exact) mass is 267 g/mol. The Morgan fingerprint density at radius 2 is 2.05 bits per heavy atom. The molecule has 106 valence electrons. The van der Waals surface area contributed by atoms with Crippen LogP contribution in [-0.2, 0) is 9.59 Å². The number of hydrogen-bond acceptors (Lipinski definition) is 4. The minimum Gasteiger partial charge on any atom is -0.360 e. The lowest BCUT2D eigenvalue weighted by atomic mass is 9.96. The molecule has 0 aliphatic heterocycles. The fourth-order valence-electron chi connectivity index (χ4n) is 1.46. The molecule has 6 heteroatoms. The van der Waals surface area contributed by atoms with Crippen LogP contribution in [0.2, 0.25) is 0 Å². The lowest BCUT2D eigenvalue weighted by Crippen LogP contribution is -2.41. The SMILES string of the molecule is CC(=O)N(CCNC(=O)C(C)(C)C)c1cc(C)on1. The number of aryl methyl sites for hydroxylation is 1. The van der Waals surface area contributed by atoms with Crippen molar-refractivity contribution in [1.82, 2.24) is 10.5 Å². The van der Waals surface area contributed by atoms with Crippen molar-refractivity contribution < 1.29 is 14.1 Å². The molecule has 0 fully saturated rings. The third-order valence-corrected chi connectivity index (χ3v) is 2.57. The summed E-state index contributed by atoms with van der Waals surface area (Å²) < 4.78 is 4.95. The van der Waals surface area contributed by atoms with Gasteiger partial charge in [0.1, 0.15) is 5.76 Å². The van der Waals surface area contributed by atoms with Gasteiger partial charge in [0.15, 0.2) is 5.82 Å². The third kappa shape index (κ3) is 4.39. The van der Waals surface area contributed by atoms with Gasteiger partial charge in [-0.3, -0.25) is 14.5 Å². The number of hydrogen-bond donors (Lipinski definition) is 1. The van der Waals surface area contributed by atoms with Crippen molar-refractivity contribution in [3.05, 3.63) is 11.8 Å². The van der Waals surface area contributed by atoms with Crippen LogP contribution in [0.15, 0.2) is 10.6 Å². The molecule has 1 aromatic rings. The normalized spacial score (nSPS) is 11.2. The van der Waals surface area contributed by atoms with E-state index in [1.165, 1.54) is 11.8 Å². The van der Waals surface area contributed by atoms with Crippen LogP contribution in [0.4, 0.5) is 5.82 Å². The molecule has 0 bridgehead atoms. The second-order valence-electron chi connectivity index (χ2n) is 5.47. The van der Waals surface area contributed by atoms with E-state index in [-0.39, 0.29) is 11.8 Å². The molecule has 1 N–H and O–H groups in total. The van der Waals surface area contributed by atoms with Gasteiger partial charge in [-0.05, 0) is 6.92 Å². The van der Waals surface area contributed by atoms with Gasteiger partial charge in [-0.1, -0.05) is 25.9 Å². The molecule has 0 aliphatic rings. The molecule has 0 saturated heterocycles. The zero-order valence-electron chi connectivity index (χ0n) is 12.1. The summed E-state index contributed by atoms with van der Waals surface area (Å²) in [5.74, 6) is 0.917. The topological polar surface area (TPSA) is 75.4 Å². The zero-order valence-corrected chi connectivity index (χ0v) is 12.1. The Kier molecular flexibility index (Phi) is 4.69. The van der Waals surface area contributed by atoms with E-state index >= 15 is 0 Å². The van der Waals surface area contributed by atoms with Crippen LogP contribution < -0.4 is 10.2 Å². The molecule has 0 unspecified atom stereocenters. The summed E-state index contributed by atoms with van der Waals surface area (Å²) in [4.78, 5) is 24.7. The fourth-order valence-corrected chi connectivity index (χ4v) is 1.46. The minimum absolute atomic E-state index is 0.0488. The number of nitrogens with zero attached hydrogens (tertiary/aromatic N) is 2. The van der Waals surface area contributed by atoms with Crippen LogP contribution in [0.1, 0.15) is 33.5 Å². The van der Waals surface area contributed by atoms with Crippen molar-refractivity contribution in [2.24, 2.45) is 5.41 Å². The van der Waals surface area contributed by atoms with E-state index in [9.17, 15) is 9.59 Å². The van der Waals surface area contributed by atoms with Gasteiger partial charge in [0.05, 0.1) is 0 Å². The lowest BCUT2D eigenvalue weighted by molar-refractivity contribution is -0.128. The summed E-state index contributed by atoms with van der Waals surface area (Å²) in [6.45, 7) is 9.47. The Morgan fingerprint density at radius 1 is 1.42 bits per heavy atom. The first kappa shape index (κ1) is 15.2. The van der Waals surface area contributed by atoms with Gasteiger partial charge in [0, 0.05) is 31.5 Å². The molecule has 6 nitrogen and oxygen atoms in total. The van der Waals surface area contributed by atoms with Crippen LogP contribution >= 0.6 is 0 Å². The molecule has 0 radical (unpaired) electrons. The quantitative estimate of drug-likeness (QED) is 0.897. The van der Waals surface area contributed by atoms with Crippen LogP contribution in [0, 0.1) is 12.3 Å². The molecule has 1 heterocycles. The standard InChI is InChI=1S/C13H21N3O3/c1-9-8-11(15-19-9)16(10(2)17)7-6-14-12(18)13(3,4)5/h8H,6-7H2,1-5H3,(H,14,18). The molecular weight excluding hydrogens is 246 g/mol. The van der Waals surface area contributed by atoms with E-state index in [1.807, 2.05) is 20.8 Å². The van der Waals surface area contributed by atoms with Crippen molar-refractivity contribution in [3.8, 4) is 0 Å². The molecular formula is C13H21N3O3. The van der Waals surface area contributed by atoms with Crippen molar-refractivity contribution in [2.45, 2.75) is 34.6 Å². The first-order chi connectivity index (χ1) is 8.71. The van der Waals surface area contributed by atoms with Crippen LogP contribution in [-0.4, -0.2) is 30.1 Å². The Labute approximate surface area is 113 Å². The van der Waals surface area contributed by atoms with Gasteiger partial charge in [-0.2, -0.15) is 0 Å². The molecule has 19 heavy (non-hydrogen) atoms. The maximum atomic E-state index is 11.7. The second kappa shape index (κ2) is 5.86. The maximum absolute atomic E-state index is 11.7.